The first-order valence-electron chi connectivity index (χ1n) is 10.8. The Kier molecular flexibility index (Phi) is 7.11. The smallest absolute Gasteiger partial charge is 0.227 e. The van der Waals surface area contributed by atoms with E-state index in [9.17, 15) is 15.0 Å². The molecule has 0 radical (unpaired) electrons. The van der Waals surface area contributed by atoms with Crippen molar-refractivity contribution in [2.75, 3.05) is 26.6 Å². The highest BCUT2D eigenvalue weighted by Crippen LogP contribution is 2.42. The van der Waals surface area contributed by atoms with Gasteiger partial charge >= 0.3 is 0 Å². The summed E-state index contributed by atoms with van der Waals surface area (Å²) >= 11 is 1.42. The quantitative estimate of drug-likeness (QED) is 0.594. The van der Waals surface area contributed by atoms with Gasteiger partial charge in [-0.05, 0) is 12.0 Å². The number of benzene rings is 2. The standard InChI is InChI=1S/C24H29N3O5S/c1-27(13-14-7-5-4-6-8-14)23(30)18-12-19(28)21(29)20-22(18)33-24(26-20)25-15-9-16(31-2)11-17(10-15)32-3/h4-11,18-22,28-29H,12-13H2,1-3H3,(H,25,26)/t18-,19-,20-,21+,22-/m1/s1. The number of methoxy groups -OCH3 is 2. The van der Waals surface area contributed by atoms with E-state index in [-0.39, 0.29) is 17.6 Å². The lowest BCUT2D eigenvalue weighted by atomic mass is 9.80. The van der Waals surface area contributed by atoms with Crippen molar-refractivity contribution in [2.45, 2.75) is 36.5 Å². The fourth-order valence-corrected chi connectivity index (χ4v) is 5.68. The van der Waals surface area contributed by atoms with E-state index in [0.717, 1.165) is 11.3 Å². The lowest BCUT2D eigenvalue weighted by Gasteiger charge is -2.38. The fraction of sp³-hybridized carbons (Fsp3) is 0.417. The van der Waals surface area contributed by atoms with Gasteiger partial charge in [-0.15, -0.1) is 0 Å². The van der Waals surface area contributed by atoms with Gasteiger partial charge in [0.2, 0.25) is 5.91 Å². The predicted molar refractivity (Wildman–Crippen MR) is 129 cm³/mol. The van der Waals surface area contributed by atoms with Gasteiger partial charge in [0, 0.05) is 42.7 Å². The summed E-state index contributed by atoms with van der Waals surface area (Å²) < 4.78 is 10.6. The number of amides is 1. The van der Waals surface area contributed by atoms with E-state index in [4.69, 9.17) is 9.47 Å². The Hall–Kier alpha value is -2.75. The lowest BCUT2D eigenvalue weighted by Crippen LogP contribution is -2.54. The van der Waals surface area contributed by atoms with Gasteiger partial charge in [-0.3, -0.25) is 9.79 Å². The molecule has 8 nitrogen and oxygen atoms in total. The molecule has 1 heterocycles. The van der Waals surface area contributed by atoms with Crippen molar-refractivity contribution in [3.8, 4) is 11.5 Å². The van der Waals surface area contributed by atoms with Crippen LogP contribution in [0.25, 0.3) is 0 Å². The maximum absolute atomic E-state index is 13.3. The number of aliphatic hydroxyl groups excluding tert-OH is 2. The Labute approximate surface area is 197 Å². The monoisotopic (exact) mass is 471 g/mol. The minimum atomic E-state index is -1.02. The van der Waals surface area contributed by atoms with Crippen LogP contribution in [0.3, 0.4) is 0 Å². The number of fused-ring (bicyclic) bond motifs is 1. The SMILES string of the molecule is COc1cc(NC2=N[C@@H]3[C@@H](O)[C@H](O)C[C@@H](C(=O)N(C)Cc4ccccc4)[C@H]3S2)cc(OC)c1. The van der Waals surface area contributed by atoms with Gasteiger partial charge in [0.15, 0.2) is 5.17 Å². The average molecular weight is 472 g/mol. The molecule has 0 aromatic heterocycles. The predicted octanol–water partition coefficient (Wildman–Crippen LogP) is 2.36. The summed E-state index contributed by atoms with van der Waals surface area (Å²) in [6, 6.07) is 14.6. The molecule has 1 aliphatic carbocycles. The van der Waals surface area contributed by atoms with Crippen LogP contribution in [0.2, 0.25) is 0 Å². The topological polar surface area (TPSA) is 104 Å². The number of anilines is 1. The summed E-state index contributed by atoms with van der Waals surface area (Å²) in [4.78, 5) is 19.7. The summed E-state index contributed by atoms with van der Waals surface area (Å²) in [6.45, 7) is 0.479. The van der Waals surface area contributed by atoms with Crippen LogP contribution in [-0.4, -0.2) is 71.0 Å². The van der Waals surface area contributed by atoms with Crippen LogP contribution in [0.5, 0.6) is 11.5 Å². The summed E-state index contributed by atoms with van der Waals surface area (Å²) in [5, 5.41) is 24.6. The van der Waals surface area contributed by atoms with E-state index in [2.05, 4.69) is 10.3 Å². The molecule has 33 heavy (non-hydrogen) atoms. The Morgan fingerprint density at radius 3 is 2.45 bits per heavy atom. The molecule has 0 saturated heterocycles. The van der Waals surface area contributed by atoms with Gasteiger partial charge < -0.3 is 29.9 Å². The molecule has 1 amide bonds. The molecule has 4 rings (SSSR count). The summed E-state index contributed by atoms with van der Waals surface area (Å²) in [5.74, 6) is 0.731. The van der Waals surface area contributed by atoms with Crippen LogP contribution in [-0.2, 0) is 11.3 Å². The number of hydrogen-bond donors (Lipinski definition) is 3. The summed E-state index contributed by atoms with van der Waals surface area (Å²) in [7, 11) is 4.92. The van der Waals surface area contributed by atoms with Crippen LogP contribution in [0.15, 0.2) is 53.5 Å². The van der Waals surface area contributed by atoms with Gasteiger partial charge in [0.05, 0.1) is 32.3 Å². The largest absolute Gasteiger partial charge is 0.497 e. The van der Waals surface area contributed by atoms with Crippen LogP contribution < -0.4 is 14.8 Å². The number of rotatable bonds is 6. The van der Waals surface area contributed by atoms with E-state index in [1.165, 1.54) is 11.8 Å². The first-order chi connectivity index (χ1) is 15.9. The van der Waals surface area contributed by atoms with E-state index in [1.807, 2.05) is 42.5 Å². The zero-order valence-electron chi connectivity index (χ0n) is 18.8. The highest BCUT2D eigenvalue weighted by atomic mass is 32.2. The maximum atomic E-state index is 13.3. The van der Waals surface area contributed by atoms with E-state index >= 15 is 0 Å². The Bertz CT molecular complexity index is 996. The second-order valence-electron chi connectivity index (χ2n) is 8.31. The first kappa shape index (κ1) is 23.4. The highest BCUT2D eigenvalue weighted by molar-refractivity contribution is 8.15. The number of ether oxygens (including phenoxy) is 2. The fourth-order valence-electron chi connectivity index (χ4n) is 4.31. The molecule has 0 bridgehead atoms. The molecule has 2 aromatic carbocycles. The number of carbonyl (C=O) groups is 1. The third-order valence-corrected chi connectivity index (χ3v) is 7.36. The number of amidine groups is 1. The normalized spacial score (nSPS) is 26.2. The number of nitrogens with zero attached hydrogens (tertiary/aromatic N) is 2. The van der Waals surface area contributed by atoms with Crippen molar-refractivity contribution in [3.05, 3.63) is 54.1 Å². The molecule has 3 N–H and O–H groups in total. The third-order valence-electron chi connectivity index (χ3n) is 6.05. The van der Waals surface area contributed by atoms with E-state index in [0.29, 0.717) is 23.2 Å². The second-order valence-corrected chi connectivity index (χ2v) is 9.48. The Balaban J connectivity index is 1.51. The highest BCUT2D eigenvalue weighted by Gasteiger charge is 2.50. The number of aliphatic hydroxyl groups is 2. The van der Waals surface area contributed by atoms with E-state index < -0.39 is 24.2 Å². The zero-order valence-corrected chi connectivity index (χ0v) is 19.7. The summed E-state index contributed by atoms with van der Waals surface area (Å²) in [6.07, 6.45) is -1.83. The van der Waals surface area contributed by atoms with Crippen molar-refractivity contribution in [1.29, 1.82) is 0 Å². The lowest BCUT2D eigenvalue weighted by molar-refractivity contribution is -0.139. The average Bonchev–Trinajstić information content (AvgIpc) is 3.25. The van der Waals surface area contributed by atoms with Gasteiger partial charge in [0.1, 0.15) is 17.6 Å². The number of carbonyl (C=O) groups excluding carboxylic acids is 1. The van der Waals surface area contributed by atoms with Crippen LogP contribution >= 0.6 is 11.8 Å². The molecule has 176 valence electrons. The third kappa shape index (κ3) is 5.10. The Morgan fingerprint density at radius 2 is 1.82 bits per heavy atom. The van der Waals surface area contributed by atoms with Crippen molar-refractivity contribution < 1.29 is 24.5 Å². The first-order valence-corrected chi connectivity index (χ1v) is 11.7. The van der Waals surface area contributed by atoms with E-state index in [1.54, 1.807) is 32.2 Å². The molecular formula is C24H29N3O5S. The number of hydrogen-bond acceptors (Lipinski definition) is 8. The van der Waals surface area contributed by atoms with Gasteiger partial charge in [-0.2, -0.15) is 0 Å². The van der Waals surface area contributed by atoms with Gasteiger partial charge in [-0.25, -0.2) is 0 Å². The van der Waals surface area contributed by atoms with Crippen molar-refractivity contribution in [1.82, 2.24) is 4.90 Å². The minimum absolute atomic E-state index is 0.0631. The van der Waals surface area contributed by atoms with Crippen molar-refractivity contribution in [3.63, 3.8) is 0 Å². The molecule has 0 unspecified atom stereocenters. The molecular weight excluding hydrogens is 442 g/mol. The van der Waals surface area contributed by atoms with Gasteiger partial charge in [0.25, 0.3) is 0 Å². The number of nitrogens with one attached hydrogen (secondary N) is 1. The molecule has 5 atom stereocenters. The van der Waals surface area contributed by atoms with Crippen molar-refractivity contribution in [2.24, 2.45) is 10.9 Å². The molecule has 2 aliphatic rings. The minimum Gasteiger partial charge on any atom is -0.497 e. The molecule has 0 spiro atoms. The second kappa shape index (κ2) is 10.0. The van der Waals surface area contributed by atoms with Gasteiger partial charge in [-0.1, -0.05) is 42.1 Å². The maximum Gasteiger partial charge on any atom is 0.227 e. The van der Waals surface area contributed by atoms with Crippen molar-refractivity contribution >= 4 is 28.5 Å². The van der Waals surface area contributed by atoms with Crippen LogP contribution in [0.1, 0.15) is 12.0 Å². The van der Waals surface area contributed by atoms with Crippen LogP contribution in [0.4, 0.5) is 5.69 Å². The number of thioether (sulfide) groups is 1. The van der Waals surface area contributed by atoms with Crippen LogP contribution in [0, 0.1) is 5.92 Å². The number of aliphatic imine (C=N–C) groups is 1. The molecule has 1 fully saturated rings. The molecule has 2 aromatic rings. The molecule has 9 heteroatoms. The Morgan fingerprint density at radius 1 is 1.15 bits per heavy atom. The molecule has 1 aliphatic heterocycles. The molecule has 1 saturated carbocycles. The zero-order chi connectivity index (χ0) is 23.5. The summed E-state index contributed by atoms with van der Waals surface area (Å²) in [5.41, 5.74) is 1.75.